The van der Waals surface area contributed by atoms with E-state index in [0.29, 0.717) is 0 Å². The van der Waals surface area contributed by atoms with Crippen molar-refractivity contribution < 1.29 is 14.1 Å². The first-order valence-corrected chi connectivity index (χ1v) is 6.27. The van der Waals surface area contributed by atoms with Crippen LogP contribution in [0.25, 0.3) is 0 Å². The Hall–Kier alpha value is -2.47. The van der Waals surface area contributed by atoms with E-state index >= 15 is 0 Å². The Bertz CT molecular complexity index is 734. The molecule has 0 aliphatic carbocycles. The molecule has 0 saturated heterocycles. The molecule has 108 valence electrons. The van der Waals surface area contributed by atoms with Crippen molar-refractivity contribution in [3.8, 4) is 0 Å². The predicted octanol–water partition coefficient (Wildman–Crippen LogP) is 3.95. The van der Waals surface area contributed by atoms with Crippen molar-refractivity contribution in [1.82, 2.24) is 0 Å². The summed E-state index contributed by atoms with van der Waals surface area (Å²) in [7, 11) is 0. The lowest BCUT2D eigenvalue weighted by molar-refractivity contribution is -0.384. The summed E-state index contributed by atoms with van der Waals surface area (Å²) < 4.78 is 13.6. The molecule has 0 radical (unpaired) electrons. The van der Waals surface area contributed by atoms with Gasteiger partial charge in [0, 0.05) is 11.6 Å². The molecule has 5 nitrogen and oxygen atoms in total. The fraction of sp³-hybridized carbons (Fsp3) is 0.0714. The average Bonchev–Trinajstić information content (AvgIpc) is 2.42. The molecule has 0 bridgehead atoms. The van der Waals surface area contributed by atoms with Gasteiger partial charge < -0.3 is 5.32 Å². The smallest absolute Gasteiger partial charge is 0.287 e. The fourth-order valence-electron chi connectivity index (χ4n) is 1.73. The maximum absolute atomic E-state index is 13.6. The number of nitro groups is 1. The molecule has 0 fully saturated rings. The van der Waals surface area contributed by atoms with Crippen LogP contribution in [0.15, 0.2) is 36.4 Å². The summed E-state index contributed by atoms with van der Waals surface area (Å²) in [5.41, 5.74) is 0.629. The Morgan fingerprint density at radius 3 is 2.62 bits per heavy atom. The molecule has 0 aliphatic rings. The van der Waals surface area contributed by atoms with E-state index in [1.807, 2.05) is 0 Å². The van der Waals surface area contributed by atoms with Crippen molar-refractivity contribution in [3.05, 3.63) is 68.5 Å². The van der Waals surface area contributed by atoms with Crippen LogP contribution in [0.5, 0.6) is 0 Å². The largest absolute Gasteiger partial charge is 0.319 e. The van der Waals surface area contributed by atoms with E-state index in [1.54, 1.807) is 13.0 Å². The molecule has 0 aliphatic heterocycles. The van der Waals surface area contributed by atoms with E-state index in [1.165, 1.54) is 24.3 Å². The number of carbonyl (C=O) groups is 1. The van der Waals surface area contributed by atoms with Gasteiger partial charge >= 0.3 is 0 Å². The summed E-state index contributed by atoms with van der Waals surface area (Å²) in [6.07, 6.45) is 0. The number of halogens is 2. The van der Waals surface area contributed by atoms with Crippen molar-refractivity contribution >= 4 is 28.9 Å². The van der Waals surface area contributed by atoms with Crippen LogP contribution in [0.1, 0.15) is 15.9 Å². The highest BCUT2D eigenvalue weighted by Gasteiger charge is 2.16. The molecule has 0 heterocycles. The molecule has 0 atom stereocenters. The molecule has 2 rings (SSSR count). The summed E-state index contributed by atoms with van der Waals surface area (Å²) in [4.78, 5) is 22.0. The van der Waals surface area contributed by atoms with Gasteiger partial charge in [-0.2, -0.15) is 0 Å². The van der Waals surface area contributed by atoms with Crippen molar-refractivity contribution in [2.24, 2.45) is 0 Å². The van der Waals surface area contributed by atoms with E-state index in [2.05, 4.69) is 5.32 Å². The molecule has 21 heavy (non-hydrogen) atoms. The van der Waals surface area contributed by atoms with Gasteiger partial charge in [0.2, 0.25) is 0 Å². The van der Waals surface area contributed by atoms with Crippen LogP contribution in [0.2, 0.25) is 5.02 Å². The van der Waals surface area contributed by atoms with E-state index in [0.717, 1.165) is 11.6 Å². The number of hydrogen-bond acceptors (Lipinski definition) is 3. The van der Waals surface area contributed by atoms with Gasteiger partial charge in [-0.25, -0.2) is 4.39 Å². The molecule has 0 spiro atoms. The fourth-order valence-corrected chi connectivity index (χ4v) is 1.98. The summed E-state index contributed by atoms with van der Waals surface area (Å²) in [5.74, 6) is -1.17. The molecule has 0 saturated carbocycles. The van der Waals surface area contributed by atoms with E-state index in [4.69, 9.17) is 11.6 Å². The lowest BCUT2D eigenvalue weighted by Crippen LogP contribution is -2.13. The number of nitrogens with zero attached hydrogens (tertiary/aromatic N) is 1. The Labute approximate surface area is 124 Å². The van der Waals surface area contributed by atoms with Crippen LogP contribution in [-0.4, -0.2) is 10.8 Å². The Morgan fingerprint density at radius 2 is 2.00 bits per heavy atom. The topological polar surface area (TPSA) is 72.2 Å². The molecule has 1 N–H and O–H groups in total. The standard InChI is InChI=1S/C14H10ClFN2O3/c1-8-2-4-11(16)12(6-8)17-14(19)9-3-5-13(18(20)21)10(15)7-9/h2-7H,1H3,(H,17,19). The van der Waals surface area contributed by atoms with Gasteiger partial charge in [0.15, 0.2) is 0 Å². The summed E-state index contributed by atoms with van der Waals surface area (Å²) in [6, 6.07) is 7.86. The number of anilines is 1. The highest BCUT2D eigenvalue weighted by Crippen LogP contribution is 2.25. The van der Waals surface area contributed by atoms with E-state index in [9.17, 15) is 19.3 Å². The monoisotopic (exact) mass is 308 g/mol. The van der Waals surface area contributed by atoms with Crippen LogP contribution < -0.4 is 5.32 Å². The summed E-state index contributed by atoms with van der Waals surface area (Å²) in [5, 5.41) is 12.9. The van der Waals surface area contributed by atoms with Gasteiger partial charge in [-0.3, -0.25) is 14.9 Å². The number of hydrogen-bond donors (Lipinski definition) is 1. The first-order chi connectivity index (χ1) is 9.88. The number of benzene rings is 2. The molecule has 7 heteroatoms. The first kappa shape index (κ1) is 14.9. The highest BCUT2D eigenvalue weighted by molar-refractivity contribution is 6.33. The second-order valence-electron chi connectivity index (χ2n) is 4.36. The van der Waals surface area contributed by atoms with Crippen molar-refractivity contribution in [1.29, 1.82) is 0 Å². The molecule has 2 aromatic rings. The maximum Gasteiger partial charge on any atom is 0.287 e. The molecule has 0 unspecified atom stereocenters. The minimum absolute atomic E-state index is 0.0366. The number of amides is 1. The average molecular weight is 309 g/mol. The lowest BCUT2D eigenvalue weighted by Gasteiger charge is -2.07. The van der Waals surface area contributed by atoms with Crippen molar-refractivity contribution in [2.75, 3.05) is 5.32 Å². The number of aryl methyl sites for hydroxylation is 1. The maximum atomic E-state index is 13.6. The highest BCUT2D eigenvalue weighted by atomic mass is 35.5. The lowest BCUT2D eigenvalue weighted by atomic mass is 10.1. The number of carbonyl (C=O) groups excluding carboxylic acids is 1. The Balaban J connectivity index is 2.26. The Kier molecular flexibility index (Phi) is 4.18. The van der Waals surface area contributed by atoms with Gasteiger partial charge in [0.25, 0.3) is 11.6 Å². The predicted molar refractivity (Wildman–Crippen MR) is 77.2 cm³/mol. The van der Waals surface area contributed by atoms with Gasteiger partial charge in [0.1, 0.15) is 10.8 Å². The molecule has 1 amide bonds. The number of nitrogens with one attached hydrogen (secondary N) is 1. The molecule has 2 aromatic carbocycles. The first-order valence-electron chi connectivity index (χ1n) is 5.90. The van der Waals surface area contributed by atoms with Crippen LogP contribution >= 0.6 is 11.6 Å². The molecule has 0 aromatic heterocycles. The van der Waals surface area contributed by atoms with Gasteiger partial charge in [-0.15, -0.1) is 0 Å². The van der Waals surface area contributed by atoms with Gasteiger partial charge in [-0.05, 0) is 36.8 Å². The zero-order valence-corrected chi connectivity index (χ0v) is 11.6. The van der Waals surface area contributed by atoms with E-state index < -0.39 is 16.6 Å². The zero-order valence-electron chi connectivity index (χ0n) is 10.9. The third-order valence-electron chi connectivity index (χ3n) is 2.78. The SMILES string of the molecule is Cc1ccc(F)c(NC(=O)c2ccc([N+](=O)[O-])c(Cl)c2)c1. The van der Waals surface area contributed by atoms with Crippen molar-refractivity contribution in [2.45, 2.75) is 6.92 Å². The second-order valence-corrected chi connectivity index (χ2v) is 4.77. The molecular formula is C14H10ClFN2O3. The van der Waals surface area contributed by atoms with Crippen LogP contribution in [-0.2, 0) is 0 Å². The van der Waals surface area contributed by atoms with Gasteiger partial charge in [0.05, 0.1) is 10.6 Å². The minimum atomic E-state index is -0.649. The van der Waals surface area contributed by atoms with Gasteiger partial charge in [-0.1, -0.05) is 17.7 Å². The second kappa shape index (κ2) is 5.88. The zero-order chi connectivity index (χ0) is 15.6. The van der Waals surface area contributed by atoms with E-state index in [-0.39, 0.29) is 22.0 Å². The minimum Gasteiger partial charge on any atom is -0.319 e. The summed E-state index contributed by atoms with van der Waals surface area (Å²) in [6.45, 7) is 1.76. The van der Waals surface area contributed by atoms with Crippen LogP contribution in [0.3, 0.4) is 0 Å². The quantitative estimate of drug-likeness (QED) is 0.689. The normalized spacial score (nSPS) is 10.2. The Morgan fingerprint density at radius 1 is 1.29 bits per heavy atom. The van der Waals surface area contributed by atoms with Crippen LogP contribution in [0, 0.1) is 22.9 Å². The third-order valence-corrected chi connectivity index (χ3v) is 3.08. The number of rotatable bonds is 3. The van der Waals surface area contributed by atoms with Crippen LogP contribution in [0.4, 0.5) is 15.8 Å². The third kappa shape index (κ3) is 3.35. The van der Waals surface area contributed by atoms with Crippen molar-refractivity contribution in [3.63, 3.8) is 0 Å². The molecular weight excluding hydrogens is 299 g/mol. The summed E-state index contributed by atoms with van der Waals surface area (Å²) >= 11 is 5.73. The number of nitro benzene ring substituents is 1.